The van der Waals surface area contributed by atoms with Crippen molar-refractivity contribution in [1.29, 1.82) is 0 Å². The van der Waals surface area contributed by atoms with Gasteiger partial charge in [-0.1, -0.05) is 12.1 Å². The van der Waals surface area contributed by atoms with E-state index in [2.05, 4.69) is 20.4 Å². The lowest BCUT2D eigenvalue weighted by Crippen LogP contribution is -2.34. The predicted octanol–water partition coefficient (Wildman–Crippen LogP) is 2.08. The molecule has 2 heterocycles. The minimum absolute atomic E-state index is 0.0241. The lowest BCUT2D eigenvalue weighted by atomic mass is 10.1. The third kappa shape index (κ3) is 4.25. The van der Waals surface area contributed by atoms with Gasteiger partial charge in [0.25, 0.3) is 5.91 Å². The molecule has 0 aliphatic rings. The second-order valence-electron chi connectivity index (χ2n) is 5.68. The number of nitrogens with zero attached hydrogens (tertiary/aromatic N) is 4. The molecule has 0 radical (unpaired) electrons. The molecule has 0 saturated carbocycles. The van der Waals surface area contributed by atoms with E-state index in [1.807, 2.05) is 48.1 Å². The van der Waals surface area contributed by atoms with E-state index in [1.165, 1.54) is 0 Å². The summed E-state index contributed by atoms with van der Waals surface area (Å²) >= 11 is 0. The minimum Gasteiger partial charge on any atom is -0.349 e. The lowest BCUT2D eigenvalue weighted by Gasteiger charge is -2.14. The van der Waals surface area contributed by atoms with Crippen molar-refractivity contribution in [2.75, 3.05) is 0 Å². The molecule has 122 valence electrons. The Morgan fingerprint density at radius 1 is 1.25 bits per heavy atom. The van der Waals surface area contributed by atoms with Crippen molar-refractivity contribution in [3.63, 3.8) is 0 Å². The number of rotatable bonds is 6. The molecule has 0 spiro atoms. The smallest absolute Gasteiger partial charge is 0.251 e. The van der Waals surface area contributed by atoms with Crippen LogP contribution in [-0.4, -0.2) is 31.7 Å². The van der Waals surface area contributed by atoms with Gasteiger partial charge in [0, 0.05) is 49.0 Å². The van der Waals surface area contributed by atoms with Crippen LogP contribution in [-0.2, 0) is 13.0 Å². The Balaban J connectivity index is 1.62. The summed E-state index contributed by atoms with van der Waals surface area (Å²) in [4.78, 5) is 20.7. The van der Waals surface area contributed by atoms with E-state index in [1.54, 1.807) is 24.8 Å². The number of carbonyl (C=O) groups excluding carboxylic acids is 1. The molecule has 0 fully saturated rings. The predicted molar refractivity (Wildman–Crippen MR) is 90.4 cm³/mol. The minimum atomic E-state index is -0.0892. The second-order valence-corrected chi connectivity index (χ2v) is 5.68. The summed E-state index contributed by atoms with van der Waals surface area (Å²) in [6.45, 7) is 2.60. The van der Waals surface area contributed by atoms with Crippen LogP contribution < -0.4 is 5.32 Å². The Bertz CT molecular complexity index is 786. The maximum absolute atomic E-state index is 12.4. The van der Waals surface area contributed by atoms with Crippen LogP contribution >= 0.6 is 0 Å². The standard InChI is InChI=1S/C18H19N5O/c1-14(10-17-12-19-7-8-20-17)22-18(24)16-5-2-4-15(11-16)13-23-9-3-6-21-23/h2-9,11-12,14H,10,13H2,1H3,(H,22,24)/t14-/m1/s1. The first kappa shape index (κ1) is 15.9. The molecule has 2 aromatic heterocycles. The molecule has 1 atom stereocenters. The number of hydrogen-bond donors (Lipinski definition) is 1. The fourth-order valence-electron chi connectivity index (χ4n) is 2.50. The number of amides is 1. The van der Waals surface area contributed by atoms with E-state index in [-0.39, 0.29) is 11.9 Å². The summed E-state index contributed by atoms with van der Waals surface area (Å²) in [5.74, 6) is -0.0892. The van der Waals surface area contributed by atoms with Gasteiger partial charge in [-0.15, -0.1) is 0 Å². The molecular formula is C18H19N5O. The molecule has 3 aromatic rings. The zero-order valence-electron chi connectivity index (χ0n) is 13.5. The molecule has 0 unspecified atom stereocenters. The Kier molecular flexibility index (Phi) is 4.96. The summed E-state index contributed by atoms with van der Waals surface area (Å²) in [6.07, 6.45) is 9.29. The molecule has 6 nitrogen and oxygen atoms in total. The highest BCUT2D eigenvalue weighted by Crippen LogP contribution is 2.08. The molecule has 1 N–H and O–H groups in total. The molecule has 3 rings (SSSR count). The molecule has 1 aromatic carbocycles. The van der Waals surface area contributed by atoms with Crippen molar-refractivity contribution < 1.29 is 4.79 Å². The van der Waals surface area contributed by atoms with E-state index in [0.29, 0.717) is 18.5 Å². The van der Waals surface area contributed by atoms with Crippen LogP contribution in [0, 0.1) is 0 Å². The van der Waals surface area contributed by atoms with Crippen molar-refractivity contribution in [1.82, 2.24) is 25.1 Å². The third-order valence-corrected chi connectivity index (χ3v) is 3.60. The van der Waals surface area contributed by atoms with Gasteiger partial charge in [-0.2, -0.15) is 5.10 Å². The summed E-state index contributed by atoms with van der Waals surface area (Å²) < 4.78 is 1.83. The average Bonchev–Trinajstić information content (AvgIpc) is 3.09. The molecule has 0 aliphatic heterocycles. The van der Waals surface area contributed by atoms with Gasteiger partial charge in [-0.05, 0) is 30.7 Å². The maximum Gasteiger partial charge on any atom is 0.251 e. The van der Waals surface area contributed by atoms with Crippen LogP contribution in [0.3, 0.4) is 0 Å². The third-order valence-electron chi connectivity index (χ3n) is 3.60. The second kappa shape index (κ2) is 7.50. The Labute approximate surface area is 140 Å². The molecular weight excluding hydrogens is 302 g/mol. The van der Waals surface area contributed by atoms with Crippen LogP contribution in [0.4, 0.5) is 0 Å². The number of aromatic nitrogens is 4. The van der Waals surface area contributed by atoms with E-state index in [0.717, 1.165) is 11.3 Å². The summed E-state index contributed by atoms with van der Waals surface area (Å²) in [5.41, 5.74) is 2.54. The van der Waals surface area contributed by atoms with Gasteiger partial charge in [0.15, 0.2) is 0 Å². The molecule has 0 bridgehead atoms. The van der Waals surface area contributed by atoms with Gasteiger partial charge < -0.3 is 5.32 Å². The zero-order valence-corrected chi connectivity index (χ0v) is 13.5. The maximum atomic E-state index is 12.4. The quantitative estimate of drug-likeness (QED) is 0.754. The first-order valence-corrected chi connectivity index (χ1v) is 7.83. The normalized spacial score (nSPS) is 11.9. The van der Waals surface area contributed by atoms with Crippen LogP contribution in [0.25, 0.3) is 0 Å². The highest BCUT2D eigenvalue weighted by atomic mass is 16.1. The molecule has 0 saturated heterocycles. The lowest BCUT2D eigenvalue weighted by molar-refractivity contribution is 0.0940. The van der Waals surface area contributed by atoms with Gasteiger partial charge in [-0.3, -0.25) is 19.4 Å². The van der Waals surface area contributed by atoms with Crippen molar-refractivity contribution in [2.24, 2.45) is 0 Å². The Hall–Kier alpha value is -3.02. The summed E-state index contributed by atoms with van der Waals surface area (Å²) in [7, 11) is 0. The van der Waals surface area contributed by atoms with Gasteiger partial charge in [0.1, 0.15) is 0 Å². The monoisotopic (exact) mass is 321 g/mol. The first-order chi connectivity index (χ1) is 11.7. The van der Waals surface area contributed by atoms with Crippen LogP contribution in [0.15, 0.2) is 61.3 Å². The van der Waals surface area contributed by atoms with E-state index in [4.69, 9.17) is 0 Å². The molecule has 0 aliphatic carbocycles. The molecule has 6 heteroatoms. The van der Waals surface area contributed by atoms with Crippen molar-refractivity contribution in [2.45, 2.75) is 25.9 Å². The number of carbonyl (C=O) groups is 1. The Morgan fingerprint density at radius 2 is 2.17 bits per heavy atom. The van der Waals surface area contributed by atoms with Crippen LogP contribution in [0.1, 0.15) is 28.5 Å². The fourth-order valence-corrected chi connectivity index (χ4v) is 2.50. The van der Waals surface area contributed by atoms with E-state index >= 15 is 0 Å². The summed E-state index contributed by atoms with van der Waals surface area (Å²) in [5, 5.41) is 7.19. The number of hydrogen-bond acceptors (Lipinski definition) is 4. The van der Waals surface area contributed by atoms with Crippen molar-refractivity contribution in [3.05, 3.63) is 78.1 Å². The highest BCUT2D eigenvalue weighted by Gasteiger charge is 2.11. The number of benzene rings is 1. The number of nitrogens with one attached hydrogen (secondary N) is 1. The fraction of sp³-hybridized carbons (Fsp3) is 0.222. The SMILES string of the molecule is C[C@H](Cc1cnccn1)NC(=O)c1cccc(Cn2cccn2)c1. The zero-order chi connectivity index (χ0) is 16.8. The van der Waals surface area contributed by atoms with E-state index < -0.39 is 0 Å². The van der Waals surface area contributed by atoms with Gasteiger partial charge in [-0.25, -0.2) is 0 Å². The van der Waals surface area contributed by atoms with Gasteiger partial charge >= 0.3 is 0 Å². The first-order valence-electron chi connectivity index (χ1n) is 7.83. The Morgan fingerprint density at radius 3 is 2.92 bits per heavy atom. The van der Waals surface area contributed by atoms with Crippen molar-refractivity contribution >= 4 is 5.91 Å². The van der Waals surface area contributed by atoms with Gasteiger partial charge in [0.05, 0.1) is 12.2 Å². The highest BCUT2D eigenvalue weighted by molar-refractivity contribution is 5.94. The topological polar surface area (TPSA) is 72.7 Å². The van der Waals surface area contributed by atoms with Gasteiger partial charge in [0.2, 0.25) is 0 Å². The van der Waals surface area contributed by atoms with E-state index in [9.17, 15) is 4.79 Å². The van der Waals surface area contributed by atoms with Crippen LogP contribution in [0.5, 0.6) is 0 Å². The average molecular weight is 321 g/mol. The molecule has 24 heavy (non-hydrogen) atoms. The van der Waals surface area contributed by atoms with Crippen molar-refractivity contribution in [3.8, 4) is 0 Å². The molecule has 1 amide bonds. The largest absolute Gasteiger partial charge is 0.349 e. The summed E-state index contributed by atoms with van der Waals surface area (Å²) in [6, 6.07) is 9.44. The van der Waals surface area contributed by atoms with Crippen LogP contribution in [0.2, 0.25) is 0 Å².